The number of hydrogen-bond donors (Lipinski definition) is 1. The number of anilines is 1. The first-order chi connectivity index (χ1) is 8.15. The molecule has 0 radical (unpaired) electrons. The van der Waals surface area contributed by atoms with E-state index in [1.165, 1.54) is 24.5 Å². The van der Waals surface area contributed by atoms with E-state index in [-0.39, 0.29) is 11.6 Å². The maximum Gasteiger partial charge on any atom is 0.294 e. The number of hydrogen-bond acceptors (Lipinski definition) is 4. The fourth-order valence-electron chi connectivity index (χ4n) is 1.05. The first kappa shape index (κ1) is 11.6. The first-order valence-corrected chi connectivity index (χ1v) is 5.35. The number of aromatic nitrogens is 3. The van der Waals surface area contributed by atoms with Gasteiger partial charge in [0.15, 0.2) is 0 Å². The molecule has 0 unspecified atom stereocenters. The topological polar surface area (TPSA) is 67.8 Å². The Hall–Kier alpha value is -1.89. The number of amides is 1. The Labute approximate surface area is 104 Å². The predicted octanol–water partition coefficient (Wildman–Crippen LogP) is 2.03. The normalized spacial score (nSPS) is 10.0. The van der Waals surface area contributed by atoms with Crippen molar-refractivity contribution in [2.24, 2.45) is 0 Å². The van der Waals surface area contributed by atoms with E-state index in [2.05, 4.69) is 36.2 Å². The van der Waals surface area contributed by atoms with Crippen LogP contribution in [-0.2, 0) is 0 Å². The second-order valence-electron chi connectivity index (χ2n) is 3.04. The highest BCUT2D eigenvalue weighted by Gasteiger charge is 2.09. The van der Waals surface area contributed by atoms with Gasteiger partial charge in [0.1, 0.15) is 11.6 Å². The van der Waals surface area contributed by atoms with Crippen LogP contribution in [0.4, 0.5) is 10.2 Å². The van der Waals surface area contributed by atoms with Gasteiger partial charge in [-0.15, -0.1) is 0 Å². The van der Waals surface area contributed by atoms with Crippen molar-refractivity contribution in [1.82, 2.24) is 15.0 Å². The van der Waals surface area contributed by atoms with Gasteiger partial charge in [0.05, 0.1) is 10.7 Å². The van der Waals surface area contributed by atoms with Gasteiger partial charge in [-0.1, -0.05) is 0 Å². The van der Waals surface area contributed by atoms with Gasteiger partial charge in [-0.25, -0.2) is 19.3 Å². The van der Waals surface area contributed by atoms with E-state index in [0.29, 0.717) is 4.47 Å². The molecular formula is C10H6BrFN4O. The number of carbonyl (C=O) groups is 1. The summed E-state index contributed by atoms with van der Waals surface area (Å²) < 4.78 is 13.3. The highest BCUT2D eigenvalue weighted by molar-refractivity contribution is 9.10. The van der Waals surface area contributed by atoms with Crippen LogP contribution in [-0.4, -0.2) is 20.9 Å². The molecule has 0 aromatic carbocycles. The standard InChI is InChI=1S/C10H6BrFN4O/c11-6-3-14-9(15-4-6)10(17)16-8-2-1-7(12)5-13-8/h1-5H,(H,13,16,17). The molecule has 2 aromatic rings. The zero-order chi connectivity index (χ0) is 12.3. The molecule has 2 aromatic heterocycles. The van der Waals surface area contributed by atoms with Crippen LogP contribution in [0.2, 0.25) is 0 Å². The van der Waals surface area contributed by atoms with E-state index >= 15 is 0 Å². The fourth-order valence-corrected chi connectivity index (χ4v) is 1.26. The molecule has 1 amide bonds. The van der Waals surface area contributed by atoms with E-state index in [1.54, 1.807) is 0 Å². The lowest BCUT2D eigenvalue weighted by Crippen LogP contribution is -2.16. The molecule has 0 aliphatic heterocycles. The van der Waals surface area contributed by atoms with Crippen LogP contribution < -0.4 is 5.32 Å². The lowest BCUT2D eigenvalue weighted by molar-refractivity contribution is 0.101. The summed E-state index contributed by atoms with van der Waals surface area (Å²) in [5, 5.41) is 2.45. The molecule has 17 heavy (non-hydrogen) atoms. The van der Waals surface area contributed by atoms with Crippen molar-refractivity contribution in [3.63, 3.8) is 0 Å². The predicted molar refractivity (Wildman–Crippen MR) is 61.9 cm³/mol. The maximum absolute atomic E-state index is 12.6. The number of carbonyl (C=O) groups excluding carboxylic acids is 1. The molecule has 7 heteroatoms. The van der Waals surface area contributed by atoms with Gasteiger partial charge < -0.3 is 5.32 Å². The summed E-state index contributed by atoms with van der Waals surface area (Å²) in [6.07, 6.45) is 3.93. The third-order valence-corrected chi connectivity index (χ3v) is 2.20. The van der Waals surface area contributed by atoms with E-state index in [4.69, 9.17) is 0 Å². The molecule has 0 aliphatic rings. The summed E-state index contributed by atoms with van der Waals surface area (Å²) in [5.41, 5.74) is 0. The van der Waals surface area contributed by atoms with Crippen LogP contribution in [0.25, 0.3) is 0 Å². The second-order valence-corrected chi connectivity index (χ2v) is 3.96. The number of pyridine rings is 1. The largest absolute Gasteiger partial charge is 0.304 e. The van der Waals surface area contributed by atoms with E-state index in [1.807, 2.05) is 0 Å². The summed E-state index contributed by atoms with van der Waals surface area (Å²) in [4.78, 5) is 23.0. The summed E-state index contributed by atoms with van der Waals surface area (Å²) in [5.74, 6) is -0.721. The minimum absolute atomic E-state index is 0.0133. The molecule has 0 bridgehead atoms. The Morgan fingerprint density at radius 2 is 1.88 bits per heavy atom. The van der Waals surface area contributed by atoms with E-state index < -0.39 is 11.7 Å². The molecule has 1 N–H and O–H groups in total. The van der Waals surface area contributed by atoms with Crippen LogP contribution in [0.15, 0.2) is 35.2 Å². The van der Waals surface area contributed by atoms with Gasteiger partial charge in [-0.05, 0) is 28.1 Å². The molecule has 0 saturated carbocycles. The Balaban J connectivity index is 2.11. The molecule has 5 nitrogen and oxygen atoms in total. The Bertz CT molecular complexity index is 529. The SMILES string of the molecule is O=C(Nc1ccc(F)cn1)c1ncc(Br)cn1. The average Bonchev–Trinajstić information content (AvgIpc) is 2.33. The molecule has 86 valence electrons. The average molecular weight is 297 g/mol. The van der Waals surface area contributed by atoms with Crippen molar-refractivity contribution in [2.75, 3.05) is 5.32 Å². The highest BCUT2D eigenvalue weighted by Crippen LogP contribution is 2.07. The van der Waals surface area contributed by atoms with Crippen LogP contribution in [0.3, 0.4) is 0 Å². The molecule has 0 saturated heterocycles. The van der Waals surface area contributed by atoms with Crippen LogP contribution in [0.1, 0.15) is 10.6 Å². The van der Waals surface area contributed by atoms with E-state index in [9.17, 15) is 9.18 Å². The van der Waals surface area contributed by atoms with Gasteiger partial charge in [0.2, 0.25) is 5.82 Å². The number of rotatable bonds is 2. The Morgan fingerprint density at radius 1 is 1.18 bits per heavy atom. The summed E-state index contributed by atoms with van der Waals surface area (Å²) >= 11 is 3.16. The van der Waals surface area contributed by atoms with Gasteiger partial charge in [-0.2, -0.15) is 0 Å². The van der Waals surface area contributed by atoms with Crippen molar-refractivity contribution in [1.29, 1.82) is 0 Å². The first-order valence-electron chi connectivity index (χ1n) is 4.55. The molecule has 0 spiro atoms. The van der Waals surface area contributed by atoms with Crippen molar-refractivity contribution in [3.05, 3.63) is 46.8 Å². The quantitative estimate of drug-likeness (QED) is 0.921. The molecule has 0 fully saturated rings. The lowest BCUT2D eigenvalue weighted by atomic mass is 10.4. The van der Waals surface area contributed by atoms with Gasteiger partial charge >= 0.3 is 0 Å². The number of nitrogens with one attached hydrogen (secondary N) is 1. The highest BCUT2D eigenvalue weighted by atomic mass is 79.9. The molecule has 2 heterocycles. The maximum atomic E-state index is 12.6. The van der Waals surface area contributed by atoms with Crippen LogP contribution in [0, 0.1) is 5.82 Å². The minimum atomic E-state index is -0.503. The van der Waals surface area contributed by atoms with Crippen LogP contribution in [0.5, 0.6) is 0 Å². The molecule has 0 aliphatic carbocycles. The summed E-state index contributed by atoms with van der Waals surface area (Å²) in [6.45, 7) is 0. The van der Waals surface area contributed by atoms with Crippen molar-refractivity contribution >= 4 is 27.7 Å². The van der Waals surface area contributed by atoms with Gasteiger partial charge in [0.25, 0.3) is 5.91 Å². The number of nitrogens with zero attached hydrogens (tertiary/aromatic N) is 3. The fraction of sp³-hybridized carbons (Fsp3) is 0. The lowest BCUT2D eigenvalue weighted by Gasteiger charge is -2.02. The van der Waals surface area contributed by atoms with Crippen molar-refractivity contribution < 1.29 is 9.18 Å². The molecule has 0 atom stereocenters. The smallest absolute Gasteiger partial charge is 0.294 e. The van der Waals surface area contributed by atoms with Gasteiger partial charge in [-0.3, -0.25) is 4.79 Å². The third-order valence-electron chi connectivity index (χ3n) is 1.79. The van der Waals surface area contributed by atoms with Crippen LogP contribution >= 0.6 is 15.9 Å². The van der Waals surface area contributed by atoms with Crippen molar-refractivity contribution in [2.45, 2.75) is 0 Å². The summed E-state index contributed by atoms with van der Waals surface area (Å²) in [7, 11) is 0. The number of halogens is 2. The van der Waals surface area contributed by atoms with Gasteiger partial charge in [0, 0.05) is 12.4 Å². The Kier molecular flexibility index (Phi) is 3.38. The zero-order valence-electron chi connectivity index (χ0n) is 8.39. The molecule has 2 rings (SSSR count). The summed E-state index contributed by atoms with van der Waals surface area (Å²) in [6, 6.07) is 2.55. The van der Waals surface area contributed by atoms with E-state index in [0.717, 1.165) is 6.20 Å². The van der Waals surface area contributed by atoms with Crippen molar-refractivity contribution in [3.8, 4) is 0 Å². The monoisotopic (exact) mass is 296 g/mol. The minimum Gasteiger partial charge on any atom is -0.304 e. The molecular weight excluding hydrogens is 291 g/mol. The Morgan fingerprint density at radius 3 is 2.47 bits per heavy atom. The zero-order valence-corrected chi connectivity index (χ0v) is 9.98. The second kappa shape index (κ2) is 4.96. The third kappa shape index (κ3) is 3.04.